The smallest absolute Gasteiger partial charge is 0.354 e. The fourth-order valence-corrected chi connectivity index (χ4v) is 1.46. The van der Waals surface area contributed by atoms with Crippen molar-refractivity contribution in [2.75, 3.05) is 16.6 Å². The van der Waals surface area contributed by atoms with Crippen molar-refractivity contribution in [1.82, 2.24) is 9.97 Å². The van der Waals surface area contributed by atoms with E-state index in [9.17, 15) is 20.2 Å². The summed E-state index contributed by atoms with van der Waals surface area (Å²) in [6.07, 6.45) is 1.07. The number of hydrogen-bond acceptors (Lipinski definition) is 9. The fraction of sp³-hybridized carbons (Fsp3) is 0. The normalized spacial score (nSPS) is 9.90. The molecule has 1 aromatic heterocycles. The van der Waals surface area contributed by atoms with Crippen molar-refractivity contribution in [2.24, 2.45) is 0 Å². The maximum Gasteiger partial charge on any atom is 0.354 e. The van der Waals surface area contributed by atoms with Gasteiger partial charge in [-0.1, -0.05) is 0 Å². The lowest BCUT2D eigenvalue weighted by Gasteiger charge is -2.09. The Morgan fingerprint density at radius 3 is 2.24 bits per heavy atom. The van der Waals surface area contributed by atoms with Gasteiger partial charge < -0.3 is 5.73 Å². The van der Waals surface area contributed by atoms with E-state index in [-0.39, 0.29) is 17.3 Å². The van der Waals surface area contributed by atoms with Gasteiger partial charge in [-0.15, -0.1) is 0 Å². The average molecular weight is 291 g/mol. The zero-order valence-electron chi connectivity index (χ0n) is 10.4. The number of nitrogens with one attached hydrogen (secondary N) is 2. The molecule has 0 aliphatic rings. The maximum absolute atomic E-state index is 10.9. The third-order valence-corrected chi connectivity index (χ3v) is 2.44. The van der Waals surface area contributed by atoms with E-state index in [1.165, 1.54) is 24.3 Å². The summed E-state index contributed by atoms with van der Waals surface area (Å²) in [5.41, 5.74) is 10.5. The highest BCUT2D eigenvalue weighted by Crippen LogP contribution is 2.26. The van der Waals surface area contributed by atoms with Gasteiger partial charge in [0.15, 0.2) is 0 Å². The molecule has 1 aromatic carbocycles. The predicted molar refractivity (Wildman–Crippen MR) is 73.4 cm³/mol. The van der Waals surface area contributed by atoms with Gasteiger partial charge in [0.05, 0.1) is 15.5 Å². The molecule has 0 fully saturated rings. The first-order valence-corrected chi connectivity index (χ1v) is 5.50. The molecule has 0 spiro atoms. The van der Waals surface area contributed by atoms with Gasteiger partial charge in [-0.2, -0.15) is 0 Å². The van der Waals surface area contributed by atoms with Gasteiger partial charge >= 0.3 is 5.69 Å². The number of benzene rings is 1. The Hall–Kier alpha value is -3.50. The van der Waals surface area contributed by atoms with Gasteiger partial charge in [-0.3, -0.25) is 31.1 Å². The van der Waals surface area contributed by atoms with Crippen LogP contribution < -0.4 is 16.6 Å². The summed E-state index contributed by atoms with van der Waals surface area (Å²) in [6, 6.07) is 5.43. The van der Waals surface area contributed by atoms with Crippen molar-refractivity contribution < 1.29 is 9.85 Å². The molecule has 108 valence electrons. The van der Waals surface area contributed by atoms with Crippen LogP contribution in [0.15, 0.2) is 30.6 Å². The minimum absolute atomic E-state index is 0.0715. The van der Waals surface area contributed by atoms with Gasteiger partial charge in [-0.25, -0.2) is 9.97 Å². The van der Waals surface area contributed by atoms with Crippen molar-refractivity contribution in [3.63, 3.8) is 0 Å². The lowest BCUT2D eigenvalue weighted by Crippen LogP contribution is -2.13. The van der Waals surface area contributed by atoms with E-state index in [4.69, 9.17) is 5.73 Å². The van der Waals surface area contributed by atoms with Gasteiger partial charge in [0.1, 0.15) is 6.33 Å². The Bertz CT molecular complexity index is 688. The van der Waals surface area contributed by atoms with Crippen LogP contribution in [-0.4, -0.2) is 19.8 Å². The largest absolute Gasteiger partial charge is 0.378 e. The molecule has 0 unspecified atom stereocenters. The van der Waals surface area contributed by atoms with Crippen LogP contribution in [0.5, 0.6) is 0 Å². The molecule has 2 rings (SSSR count). The molecule has 0 amide bonds. The van der Waals surface area contributed by atoms with Crippen LogP contribution in [-0.2, 0) is 0 Å². The number of nitro benzene ring substituents is 1. The van der Waals surface area contributed by atoms with Gasteiger partial charge in [0, 0.05) is 12.1 Å². The number of nitro groups is 2. The highest BCUT2D eigenvalue weighted by atomic mass is 16.6. The topological polar surface area (TPSA) is 162 Å². The van der Waals surface area contributed by atoms with E-state index in [1.807, 2.05) is 0 Å². The number of nitrogen functional groups attached to an aromatic ring is 1. The van der Waals surface area contributed by atoms with Crippen molar-refractivity contribution in [2.45, 2.75) is 0 Å². The summed E-state index contributed by atoms with van der Waals surface area (Å²) in [5, 5.41) is 21.4. The molecular weight excluding hydrogens is 282 g/mol. The van der Waals surface area contributed by atoms with Crippen molar-refractivity contribution in [1.29, 1.82) is 0 Å². The molecular formula is C10H9N7O4. The zero-order valence-corrected chi connectivity index (χ0v) is 10.4. The second kappa shape index (κ2) is 5.64. The highest BCUT2D eigenvalue weighted by molar-refractivity contribution is 5.68. The van der Waals surface area contributed by atoms with E-state index in [0.29, 0.717) is 5.69 Å². The van der Waals surface area contributed by atoms with Crippen molar-refractivity contribution in [3.05, 3.63) is 50.8 Å². The summed E-state index contributed by atoms with van der Waals surface area (Å²) >= 11 is 0. The first-order valence-electron chi connectivity index (χ1n) is 5.50. The van der Waals surface area contributed by atoms with Crippen LogP contribution in [0.2, 0.25) is 0 Å². The van der Waals surface area contributed by atoms with Crippen molar-refractivity contribution in [3.8, 4) is 0 Å². The van der Waals surface area contributed by atoms with Crippen molar-refractivity contribution >= 4 is 28.7 Å². The molecule has 0 saturated heterocycles. The molecule has 0 saturated carbocycles. The molecule has 0 radical (unpaired) electrons. The number of hydrogen-bond donors (Lipinski definition) is 3. The molecule has 0 aliphatic heterocycles. The van der Waals surface area contributed by atoms with Crippen LogP contribution in [0.4, 0.5) is 28.7 Å². The lowest BCUT2D eigenvalue weighted by molar-refractivity contribution is -0.384. The average Bonchev–Trinajstić information content (AvgIpc) is 2.45. The highest BCUT2D eigenvalue weighted by Gasteiger charge is 2.20. The first-order chi connectivity index (χ1) is 9.99. The number of hydrazine groups is 1. The van der Waals surface area contributed by atoms with Crippen LogP contribution in [0.25, 0.3) is 0 Å². The standard InChI is InChI=1S/C10H9N7O4/c11-9-8(17(20)21)10(13-5-12-9)15-14-6-1-3-7(4-2-6)16(18)19/h1-5,14H,(H3,11,12,13,15). The first kappa shape index (κ1) is 13.9. The number of nitrogens with two attached hydrogens (primary N) is 1. The summed E-state index contributed by atoms with van der Waals surface area (Å²) in [7, 11) is 0. The predicted octanol–water partition coefficient (Wildman–Crippen LogP) is 1.31. The maximum atomic E-state index is 10.9. The van der Waals surface area contributed by atoms with Crippen LogP contribution in [0, 0.1) is 20.2 Å². The number of rotatable bonds is 5. The SMILES string of the molecule is Nc1ncnc(NNc2ccc([N+](=O)[O-])cc2)c1[N+](=O)[O-]. The van der Waals surface area contributed by atoms with Gasteiger partial charge in [-0.05, 0) is 12.1 Å². The molecule has 21 heavy (non-hydrogen) atoms. The van der Waals surface area contributed by atoms with E-state index in [1.54, 1.807) is 0 Å². The van der Waals surface area contributed by atoms with E-state index >= 15 is 0 Å². The zero-order chi connectivity index (χ0) is 15.4. The molecule has 0 atom stereocenters. The summed E-state index contributed by atoms with van der Waals surface area (Å²) in [4.78, 5) is 27.4. The summed E-state index contributed by atoms with van der Waals surface area (Å²) in [5.74, 6) is -0.395. The second-order valence-electron chi connectivity index (χ2n) is 3.77. The summed E-state index contributed by atoms with van der Waals surface area (Å²) in [6.45, 7) is 0. The van der Waals surface area contributed by atoms with E-state index < -0.39 is 15.5 Å². The quantitative estimate of drug-likeness (QED) is 0.544. The fourth-order valence-electron chi connectivity index (χ4n) is 1.46. The molecule has 11 nitrogen and oxygen atoms in total. The Morgan fingerprint density at radius 2 is 1.67 bits per heavy atom. The molecule has 2 aromatic rings. The Balaban J connectivity index is 2.15. The summed E-state index contributed by atoms with van der Waals surface area (Å²) < 4.78 is 0. The number of non-ortho nitro benzene ring substituents is 1. The van der Waals surface area contributed by atoms with Gasteiger partial charge in [0.2, 0.25) is 11.6 Å². The van der Waals surface area contributed by atoms with Crippen LogP contribution >= 0.6 is 0 Å². The number of nitrogens with zero attached hydrogens (tertiary/aromatic N) is 4. The van der Waals surface area contributed by atoms with E-state index in [2.05, 4.69) is 20.8 Å². The number of anilines is 3. The molecule has 11 heteroatoms. The molecule has 0 aliphatic carbocycles. The monoisotopic (exact) mass is 291 g/mol. The lowest BCUT2D eigenvalue weighted by atomic mass is 10.3. The van der Waals surface area contributed by atoms with Crippen LogP contribution in [0.1, 0.15) is 0 Å². The van der Waals surface area contributed by atoms with E-state index in [0.717, 1.165) is 6.33 Å². The molecule has 1 heterocycles. The number of aromatic nitrogens is 2. The van der Waals surface area contributed by atoms with Gasteiger partial charge in [0.25, 0.3) is 5.69 Å². The Morgan fingerprint density at radius 1 is 1.00 bits per heavy atom. The minimum Gasteiger partial charge on any atom is -0.378 e. The second-order valence-corrected chi connectivity index (χ2v) is 3.77. The minimum atomic E-state index is -0.713. The van der Waals surface area contributed by atoms with Crippen LogP contribution in [0.3, 0.4) is 0 Å². The third kappa shape index (κ3) is 3.09. The third-order valence-electron chi connectivity index (χ3n) is 2.44. The Labute approximate surface area is 117 Å². The molecule has 0 bridgehead atoms. The Kier molecular flexibility index (Phi) is 3.74. The molecule has 4 N–H and O–H groups in total.